The number of aliphatic hydroxyl groups is 5. The van der Waals surface area contributed by atoms with Crippen LogP contribution < -0.4 is 28.7 Å². The predicted octanol–water partition coefficient (Wildman–Crippen LogP) is -6.95. The van der Waals surface area contributed by atoms with Gasteiger partial charge in [0.25, 0.3) is 0 Å². The van der Waals surface area contributed by atoms with Gasteiger partial charge in [0.1, 0.15) is 36.6 Å². The van der Waals surface area contributed by atoms with E-state index in [0.717, 1.165) is 0 Å². The molecule has 17 N–H and O–H groups in total. The summed E-state index contributed by atoms with van der Waals surface area (Å²) in [5.41, 5.74) is 29.8. The van der Waals surface area contributed by atoms with Crippen molar-refractivity contribution >= 4 is 10.4 Å². The van der Waals surface area contributed by atoms with Gasteiger partial charge in [-0.1, -0.05) is 0 Å². The first kappa shape index (κ1) is 32.5. The summed E-state index contributed by atoms with van der Waals surface area (Å²) >= 11 is 0. The summed E-state index contributed by atoms with van der Waals surface area (Å²) < 4.78 is 54.3. The summed E-state index contributed by atoms with van der Waals surface area (Å²) in [6, 6.07) is -3.27. The molecule has 3 rings (SSSR count). The van der Waals surface area contributed by atoms with Gasteiger partial charge in [0, 0.05) is 18.6 Å². The third-order valence-corrected chi connectivity index (χ3v) is 6.41. The van der Waals surface area contributed by atoms with Crippen LogP contribution in [0.2, 0.25) is 0 Å². The first-order valence-corrected chi connectivity index (χ1v) is 12.9. The van der Waals surface area contributed by atoms with E-state index in [9.17, 15) is 25.5 Å². The van der Waals surface area contributed by atoms with Crippen LogP contribution in [0.5, 0.6) is 0 Å². The summed E-state index contributed by atoms with van der Waals surface area (Å²) in [5.74, 6) is 0. The Labute approximate surface area is 213 Å². The molecule has 37 heavy (non-hydrogen) atoms. The van der Waals surface area contributed by atoms with Gasteiger partial charge in [-0.25, -0.2) is 0 Å². The fraction of sp³-hybridized carbons (Fsp3) is 1.00. The fourth-order valence-electron chi connectivity index (χ4n) is 4.43. The van der Waals surface area contributed by atoms with Crippen LogP contribution in [0, 0.1) is 0 Å². The Hall–Kier alpha value is -0.690. The van der Waals surface area contributed by atoms with Crippen LogP contribution in [-0.4, -0.2) is 142 Å². The molecule has 3 aliphatic rings. The number of aliphatic hydroxyl groups excluding tert-OH is 5. The maximum absolute atomic E-state index is 11.0. The quantitative estimate of drug-likeness (QED) is 0.133. The highest BCUT2D eigenvalue weighted by Gasteiger charge is 2.50. The molecule has 19 heteroatoms. The zero-order chi connectivity index (χ0) is 28.2. The third-order valence-electron chi connectivity index (χ3n) is 6.41. The summed E-state index contributed by atoms with van der Waals surface area (Å²) in [6.07, 6.45) is -10.8. The lowest BCUT2D eigenvalue weighted by Crippen LogP contribution is -2.68. The molecule has 2 heterocycles. The van der Waals surface area contributed by atoms with E-state index < -0.39 is 103 Å². The average Bonchev–Trinajstić information content (AvgIpc) is 2.79. The second kappa shape index (κ2) is 13.6. The van der Waals surface area contributed by atoms with E-state index in [2.05, 4.69) is 0 Å². The number of hydrogen-bond acceptors (Lipinski definition) is 16. The summed E-state index contributed by atoms with van der Waals surface area (Å²) in [5, 5.41) is 50.7. The van der Waals surface area contributed by atoms with Gasteiger partial charge < -0.3 is 73.1 Å². The molecule has 0 amide bonds. The lowest BCUT2D eigenvalue weighted by Gasteiger charge is -2.47. The van der Waals surface area contributed by atoms with Crippen LogP contribution in [0.3, 0.4) is 0 Å². The first-order chi connectivity index (χ1) is 17.1. The normalized spacial score (nSPS) is 47.1. The molecule has 0 unspecified atom stereocenters. The molecule has 0 spiro atoms. The zero-order valence-electron chi connectivity index (χ0n) is 19.8. The molecule has 220 valence electrons. The van der Waals surface area contributed by atoms with Crippen molar-refractivity contribution in [3.05, 3.63) is 0 Å². The van der Waals surface area contributed by atoms with Crippen LogP contribution in [-0.2, 0) is 29.3 Å². The Kier molecular flexibility index (Phi) is 11.9. The van der Waals surface area contributed by atoms with Crippen molar-refractivity contribution in [1.29, 1.82) is 0 Å². The van der Waals surface area contributed by atoms with Crippen molar-refractivity contribution in [2.24, 2.45) is 28.7 Å². The van der Waals surface area contributed by atoms with Gasteiger partial charge in [-0.05, 0) is 12.8 Å². The van der Waals surface area contributed by atoms with Crippen LogP contribution >= 0.6 is 0 Å². The molecule has 14 atom stereocenters. The Morgan fingerprint density at radius 2 is 1.24 bits per heavy atom. The van der Waals surface area contributed by atoms with Gasteiger partial charge in [-0.3, -0.25) is 9.11 Å². The van der Waals surface area contributed by atoms with E-state index in [-0.39, 0.29) is 19.4 Å². The maximum Gasteiger partial charge on any atom is 0.394 e. The Balaban J connectivity index is 0.000000877. The Morgan fingerprint density at radius 1 is 0.757 bits per heavy atom. The smallest absolute Gasteiger partial charge is 0.394 e. The van der Waals surface area contributed by atoms with Crippen molar-refractivity contribution in [2.45, 2.75) is 98.4 Å². The molecular formula is C18H39N5O13S. The largest absolute Gasteiger partial charge is 0.394 e. The highest BCUT2D eigenvalue weighted by Crippen LogP contribution is 2.30. The minimum Gasteiger partial charge on any atom is -0.394 e. The van der Waals surface area contributed by atoms with Crippen LogP contribution in [0.4, 0.5) is 0 Å². The fourth-order valence-corrected chi connectivity index (χ4v) is 4.43. The first-order valence-electron chi connectivity index (χ1n) is 11.5. The molecule has 1 saturated carbocycles. The van der Waals surface area contributed by atoms with Crippen molar-refractivity contribution in [1.82, 2.24) is 0 Å². The molecule has 1 aliphatic carbocycles. The molecule has 3 fully saturated rings. The van der Waals surface area contributed by atoms with Gasteiger partial charge in [-0.2, -0.15) is 8.42 Å². The second-order valence-corrected chi connectivity index (χ2v) is 10.1. The SMILES string of the molecule is NC[C@@H]1O[C@@H](O[C@H]2[C@@H](O)[C@H](O[C@@H]3O[C@@H](CO)[C@H](O)[C@@H](N)[C@@H]3O)[C@@H](N)C[C@@H]2N)[C@@H](N)C[C@@H]1O.O=S(=O)(O)O. The van der Waals surface area contributed by atoms with Crippen molar-refractivity contribution in [3.63, 3.8) is 0 Å². The third kappa shape index (κ3) is 8.65. The van der Waals surface area contributed by atoms with Gasteiger partial charge in [0.05, 0.1) is 30.9 Å². The maximum atomic E-state index is 11.0. The van der Waals surface area contributed by atoms with Crippen LogP contribution in [0.25, 0.3) is 0 Å². The van der Waals surface area contributed by atoms with Crippen LogP contribution in [0.15, 0.2) is 0 Å². The van der Waals surface area contributed by atoms with E-state index in [0.29, 0.717) is 0 Å². The van der Waals surface area contributed by atoms with E-state index >= 15 is 0 Å². The molecule has 2 aliphatic heterocycles. The van der Waals surface area contributed by atoms with Gasteiger partial charge in [0.15, 0.2) is 12.6 Å². The van der Waals surface area contributed by atoms with Crippen molar-refractivity contribution in [3.8, 4) is 0 Å². The van der Waals surface area contributed by atoms with Crippen LogP contribution in [0.1, 0.15) is 12.8 Å². The molecule has 0 aromatic heterocycles. The lowest BCUT2D eigenvalue weighted by molar-refractivity contribution is -0.314. The minimum atomic E-state index is -4.67. The van der Waals surface area contributed by atoms with Crippen molar-refractivity contribution < 1.29 is 62.0 Å². The predicted molar refractivity (Wildman–Crippen MR) is 123 cm³/mol. The second-order valence-electron chi connectivity index (χ2n) is 9.23. The van der Waals surface area contributed by atoms with E-state index in [4.69, 9.17) is 65.1 Å². The molecule has 0 radical (unpaired) electrons. The summed E-state index contributed by atoms with van der Waals surface area (Å²) in [4.78, 5) is 0. The molecule has 0 bridgehead atoms. The minimum absolute atomic E-state index is 0.0542. The number of ether oxygens (including phenoxy) is 4. The van der Waals surface area contributed by atoms with E-state index in [1.54, 1.807) is 0 Å². The summed E-state index contributed by atoms with van der Waals surface area (Å²) in [7, 11) is -4.67. The van der Waals surface area contributed by atoms with E-state index in [1.165, 1.54) is 0 Å². The number of nitrogens with two attached hydrogens (primary N) is 5. The standard InChI is InChI=1S/C18H37N5O9.H2O4S/c19-3-9-8(25)2-7(22)17(29-9)31-15-5(20)1-6(21)16(14(15)28)32-18-13(27)11(23)12(26)10(4-24)30-18;1-5(2,3)4/h5-18,24-28H,1-4,19-23H2;(H2,1,2,3,4)/t5-,6-,7-,8-,9-,10-,11+,12-,13-,14+,15+,16+,17-,18-;/m0./s1. The van der Waals surface area contributed by atoms with Gasteiger partial charge in [0.2, 0.25) is 0 Å². The molecule has 0 aromatic carbocycles. The monoisotopic (exact) mass is 565 g/mol. The number of hydrogen-bond donors (Lipinski definition) is 12. The van der Waals surface area contributed by atoms with Crippen molar-refractivity contribution in [2.75, 3.05) is 13.2 Å². The highest BCUT2D eigenvalue weighted by molar-refractivity contribution is 7.79. The Bertz CT molecular complexity index is 805. The zero-order valence-corrected chi connectivity index (χ0v) is 20.6. The molecular weight excluding hydrogens is 526 g/mol. The Morgan fingerprint density at radius 3 is 1.73 bits per heavy atom. The van der Waals surface area contributed by atoms with E-state index in [1.807, 2.05) is 0 Å². The number of rotatable bonds is 6. The molecule has 18 nitrogen and oxygen atoms in total. The topological polar surface area (TPSA) is 343 Å². The highest BCUT2D eigenvalue weighted by atomic mass is 32.3. The average molecular weight is 566 g/mol. The lowest BCUT2D eigenvalue weighted by atomic mass is 9.84. The molecule has 0 aromatic rings. The van der Waals surface area contributed by atoms with Gasteiger partial charge >= 0.3 is 10.4 Å². The molecule has 2 saturated heterocycles. The summed E-state index contributed by atoms with van der Waals surface area (Å²) in [6.45, 7) is -0.499. The van der Waals surface area contributed by atoms with Gasteiger partial charge in [-0.15, -0.1) is 0 Å².